The number of benzene rings is 2. The Balaban J connectivity index is 1.33. The highest BCUT2D eigenvalue weighted by Gasteiger charge is 2.30. The van der Waals surface area contributed by atoms with E-state index in [1.807, 2.05) is 43.3 Å². The van der Waals surface area contributed by atoms with Crippen molar-refractivity contribution in [2.45, 2.75) is 38.2 Å². The quantitative estimate of drug-likeness (QED) is 0.443. The largest absolute Gasteiger partial charge is 0.488 e. The van der Waals surface area contributed by atoms with Crippen LogP contribution in [-0.4, -0.2) is 47.9 Å². The van der Waals surface area contributed by atoms with Crippen LogP contribution < -0.4 is 20.9 Å². The Morgan fingerprint density at radius 2 is 1.95 bits per heavy atom. The summed E-state index contributed by atoms with van der Waals surface area (Å²) in [5, 5.41) is 0.793. The first-order valence-corrected chi connectivity index (χ1v) is 12.7. The zero-order valence-electron chi connectivity index (χ0n) is 21.0. The van der Waals surface area contributed by atoms with E-state index in [1.54, 1.807) is 7.05 Å². The Labute approximate surface area is 213 Å². The molecule has 192 valence electrons. The van der Waals surface area contributed by atoms with Gasteiger partial charge in [-0.2, -0.15) is 0 Å². The van der Waals surface area contributed by atoms with E-state index in [0.717, 1.165) is 47.2 Å². The fraction of sp³-hybridized carbons (Fsp3) is 0.393. The molecule has 0 saturated carbocycles. The van der Waals surface area contributed by atoms with Crippen molar-refractivity contribution in [3.05, 3.63) is 63.8 Å². The third-order valence-electron chi connectivity index (χ3n) is 7.50. The Kier molecular flexibility index (Phi) is 5.87. The molecule has 0 radical (unpaired) electrons. The van der Waals surface area contributed by atoms with E-state index in [1.165, 1.54) is 4.57 Å². The summed E-state index contributed by atoms with van der Waals surface area (Å²) in [5.74, 6) is 0.840. The van der Waals surface area contributed by atoms with Gasteiger partial charge in [-0.3, -0.25) is 9.59 Å². The molecular weight excluding hydrogens is 472 g/mol. The van der Waals surface area contributed by atoms with Crippen LogP contribution in [0.25, 0.3) is 22.0 Å². The molecule has 0 unspecified atom stereocenters. The summed E-state index contributed by atoms with van der Waals surface area (Å²) in [5.41, 5.74) is 9.44. The molecule has 1 atom stereocenters. The second-order valence-corrected chi connectivity index (χ2v) is 10.0. The van der Waals surface area contributed by atoms with Crippen molar-refractivity contribution in [1.29, 1.82) is 0 Å². The average Bonchev–Trinajstić information content (AvgIpc) is 3.55. The van der Waals surface area contributed by atoms with E-state index in [9.17, 15) is 9.59 Å². The predicted octanol–water partition coefficient (Wildman–Crippen LogP) is 3.64. The Bertz CT molecular complexity index is 1560. The van der Waals surface area contributed by atoms with Gasteiger partial charge in [-0.25, -0.2) is 4.98 Å². The van der Waals surface area contributed by atoms with Crippen molar-refractivity contribution in [3.8, 4) is 5.75 Å². The molecular formula is C28H30N4O5. The maximum atomic E-state index is 13.3. The van der Waals surface area contributed by atoms with Crippen LogP contribution in [0.5, 0.6) is 5.75 Å². The fourth-order valence-electron chi connectivity index (χ4n) is 5.50. The Hall–Kier alpha value is -3.85. The zero-order valence-corrected chi connectivity index (χ0v) is 21.0. The van der Waals surface area contributed by atoms with E-state index in [-0.39, 0.29) is 17.6 Å². The number of fused-ring (bicyclic) bond motifs is 2. The third kappa shape index (κ3) is 4.23. The number of anilines is 1. The number of nitrogens with zero attached hydrogens (tertiary/aromatic N) is 3. The van der Waals surface area contributed by atoms with Crippen molar-refractivity contribution >= 4 is 33.6 Å². The molecule has 2 aromatic carbocycles. The molecule has 0 bridgehead atoms. The first-order valence-electron chi connectivity index (χ1n) is 12.7. The number of piperidine rings is 1. The molecule has 1 amide bonds. The van der Waals surface area contributed by atoms with Crippen LogP contribution in [0.4, 0.5) is 5.69 Å². The number of ether oxygens (including phenoxy) is 2. The van der Waals surface area contributed by atoms with Crippen molar-refractivity contribution in [3.63, 3.8) is 0 Å². The summed E-state index contributed by atoms with van der Waals surface area (Å²) in [6, 6.07) is 11.7. The lowest BCUT2D eigenvalue weighted by atomic mass is 9.95. The van der Waals surface area contributed by atoms with Crippen LogP contribution in [0, 0.1) is 6.92 Å². The van der Waals surface area contributed by atoms with Gasteiger partial charge in [0.15, 0.2) is 11.5 Å². The van der Waals surface area contributed by atoms with Gasteiger partial charge < -0.3 is 29.1 Å². The van der Waals surface area contributed by atoms with Crippen molar-refractivity contribution in [1.82, 2.24) is 9.55 Å². The molecule has 37 heavy (non-hydrogen) atoms. The van der Waals surface area contributed by atoms with E-state index in [0.29, 0.717) is 43.3 Å². The number of carbonyl (C=O) groups excluding carboxylic acids is 1. The van der Waals surface area contributed by atoms with Gasteiger partial charge in [0.1, 0.15) is 22.9 Å². The van der Waals surface area contributed by atoms with Gasteiger partial charge in [0.05, 0.1) is 24.4 Å². The fourth-order valence-corrected chi connectivity index (χ4v) is 5.50. The predicted molar refractivity (Wildman–Crippen MR) is 140 cm³/mol. The van der Waals surface area contributed by atoms with Crippen LogP contribution in [0.15, 0.2) is 45.6 Å². The van der Waals surface area contributed by atoms with Crippen molar-refractivity contribution < 1.29 is 18.7 Å². The average molecular weight is 503 g/mol. The highest BCUT2D eigenvalue weighted by atomic mass is 16.5. The summed E-state index contributed by atoms with van der Waals surface area (Å²) < 4.78 is 19.0. The van der Waals surface area contributed by atoms with Gasteiger partial charge in [0.25, 0.3) is 11.5 Å². The molecule has 2 aromatic heterocycles. The van der Waals surface area contributed by atoms with E-state index < -0.39 is 11.5 Å². The number of aromatic nitrogens is 2. The van der Waals surface area contributed by atoms with E-state index in [4.69, 9.17) is 24.6 Å². The molecule has 9 nitrogen and oxygen atoms in total. The first kappa shape index (κ1) is 23.5. The highest BCUT2D eigenvalue weighted by molar-refractivity contribution is 6.07. The molecule has 0 spiro atoms. The molecule has 2 aliphatic rings. The standard InChI is InChI=1S/C28H30N4O5/c1-16-3-6-23-21(13-16)30-27(37-23)17-7-10-32(11-8-17)25-20-5-4-18(36-19-9-12-35-15-19)14-22(20)31(2)28(34)24(25)26(29)33/h3-6,13-14,17,19H,7-12,15H2,1-2H3,(H2,29,33)/t19-/m1/s1. The minimum Gasteiger partial charge on any atom is -0.488 e. The monoisotopic (exact) mass is 502 g/mol. The third-order valence-corrected chi connectivity index (χ3v) is 7.50. The molecule has 6 rings (SSSR count). The first-order chi connectivity index (χ1) is 17.9. The summed E-state index contributed by atoms with van der Waals surface area (Å²) >= 11 is 0. The molecule has 4 aromatic rings. The summed E-state index contributed by atoms with van der Waals surface area (Å²) in [7, 11) is 1.66. The number of aryl methyl sites for hydroxylation is 2. The number of carbonyl (C=O) groups is 1. The topological polar surface area (TPSA) is 113 Å². The number of rotatable bonds is 5. The number of primary amides is 1. The smallest absolute Gasteiger partial charge is 0.265 e. The molecule has 2 fully saturated rings. The van der Waals surface area contributed by atoms with Gasteiger partial charge in [0.2, 0.25) is 0 Å². The Morgan fingerprint density at radius 3 is 2.68 bits per heavy atom. The maximum Gasteiger partial charge on any atom is 0.265 e. The summed E-state index contributed by atoms with van der Waals surface area (Å²) in [4.78, 5) is 32.6. The number of hydrogen-bond donors (Lipinski definition) is 1. The van der Waals surface area contributed by atoms with Crippen LogP contribution in [0.3, 0.4) is 0 Å². The van der Waals surface area contributed by atoms with Crippen molar-refractivity contribution in [2.24, 2.45) is 12.8 Å². The molecule has 0 aliphatic carbocycles. The van der Waals surface area contributed by atoms with Crippen LogP contribution in [-0.2, 0) is 11.8 Å². The lowest BCUT2D eigenvalue weighted by Gasteiger charge is -2.34. The van der Waals surface area contributed by atoms with Crippen LogP contribution in [0.2, 0.25) is 0 Å². The number of nitrogens with two attached hydrogens (primary N) is 1. The molecule has 4 heterocycles. The van der Waals surface area contributed by atoms with E-state index in [2.05, 4.69) is 4.90 Å². The zero-order chi connectivity index (χ0) is 25.7. The van der Waals surface area contributed by atoms with Gasteiger partial charge in [-0.15, -0.1) is 0 Å². The maximum absolute atomic E-state index is 13.3. The second kappa shape index (κ2) is 9.23. The van der Waals surface area contributed by atoms with Crippen LogP contribution >= 0.6 is 0 Å². The Morgan fingerprint density at radius 1 is 1.14 bits per heavy atom. The normalized spacial score (nSPS) is 18.6. The summed E-state index contributed by atoms with van der Waals surface area (Å²) in [6.07, 6.45) is 2.39. The highest BCUT2D eigenvalue weighted by Crippen LogP contribution is 2.37. The minimum absolute atomic E-state index is 0.00589. The lowest BCUT2D eigenvalue weighted by molar-refractivity contribution is 0.0999. The van der Waals surface area contributed by atoms with Gasteiger partial charge in [0, 0.05) is 43.9 Å². The number of pyridine rings is 1. The lowest BCUT2D eigenvalue weighted by Crippen LogP contribution is -2.38. The van der Waals surface area contributed by atoms with Crippen molar-refractivity contribution in [2.75, 3.05) is 31.2 Å². The number of amides is 1. The molecule has 9 heteroatoms. The molecule has 2 saturated heterocycles. The van der Waals surface area contributed by atoms with Gasteiger partial charge in [-0.1, -0.05) is 6.07 Å². The van der Waals surface area contributed by atoms with Gasteiger partial charge in [-0.05, 0) is 49.6 Å². The SMILES string of the molecule is Cc1ccc2oc(C3CCN(c4c(C(N)=O)c(=O)n(C)c5cc(O[C@@H]6CCOC6)ccc45)CC3)nc2c1. The van der Waals surface area contributed by atoms with Crippen LogP contribution in [0.1, 0.15) is 47.0 Å². The minimum atomic E-state index is -0.725. The molecule has 2 aliphatic heterocycles. The number of oxazole rings is 1. The molecule has 2 N–H and O–H groups in total. The van der Waals surface area contributed by atoms with Gasteiger partial charge >= 0.3 is 0 Å². The number of hydrogen-bond acceptors (Lipinski definition) is 7. The second-order valence-electron chi connectivity index (χ2n) is 10.0. The summed E-state index contributed by atoms with van der Waals surface area (Å²) in [6.45, 7) is 4.56. The van der Waals surface area contributed by atoms with E-state index >= 15 is 0 Å².